The van der Waals surface area contributed by atoms with Gasteiger partial charge in [0.05, 0.1) is 12.2 Å². The van der Waals surface area contributed by atoms with Gasteiger partial charge in [0, 0.05) is 6.42 Å². The van der Waals surface area contributed by atoms with Crippen LogP contribution in [0.3, 0.4) is 0 Å². The summed E-state index contributed by atoms with van der Waals surface area (Å²) in [4.78, 5) is 11.5. The zero-order valence-electron chi connectivity index (χ0n) is 8.71. The van der Waals surface area contributed by atoms with E-state index in [0.717, 1.165) is 18.4 Å². The van der Waals surface area contributed by atoms with Crippen LogP contribution in [0.25, 0.3) is 0 Å². The molecule has 3 rings (SSSR count). The summed E-state index contributed by atoms with van der Waals surface area (Å²) >= 11 is 0. The minimum absolute atomic E-state index is 0.135. The molecule has 0 aromatic heterocycles. The predicted molar refractivity (Wildman–Crippen MR) is 57.1 cm³/mol. The molecule has 0 saturated carbocycles. The number of benzene rings is 1. The zero-order chi connectivity index (χ0) is 10.3. The van der Waals surface area contributed by atoms with Crippen LogP contribution < -0.4 is 0 Å². The average molecular weight is 202 g/mol. The van der Waals surface area contributed by atoms with Crippen molar-refractivity contribution < 1.29 is 9.53 Å². The molecule has 0 amide bonds. The first-order valence-electron chi connectivity index (χ1n) is 5.66. The fourth-order valence-corrected chi connectivity index (χ4v) is 2.57. The van der Waals surface area contributed by atoms with Gasteiger partial charge in [-0.2, -0.15) is 0 Å². The van der Waals surface area contributed by atoms with Crippen LogP contribution in [0.2, 0.25) is 0 Å². The highest BCUT2D eigenvalue weighted by Gasteiger charge is 2.21. The number of fused-ring (bicyclic) bond motifs is 2. The highest BCUT2D eigenvalue weighted by Crippen LogP contribution is 2.27. The quantitative estimate of drug-likeness (QED) is 0.603. The molecule has 0 N–H and O–H groups in total. The second kappa shape index (κ2) is 3.37. The van der Waals surface area contributed by atoms with Gasteiger partial charge in [0.2, 0.25) is 0 Å². The van der Waals surface area contributed by atoms with Crippen LogP contribution in [0.5, 0.6) is 0 Å². The van der Waals surface area contributed by atoms with Gasteiger partial charge in [-0.05, 0) is 48.4 Å². The van der Waals surface area contributed by atoms with Gasteiger partial charge < -0.3 is 4.74 Å². The molecule has 0 saturated heterocycles. The minimum atomic E-state index is -0.135. The summed E-state index contributed by atoms with van der Waals surface area (Å²) in [5.41, 5.74) is 4.81. The Morgan fingerprint density at radius 3 is 2.47 bits per heavy atom. The average Bonchev–Trinajstić information content (AvgIpc) is 2.27. The molecule has 0 atom stereocenters. The van der Waals surface area contributed by atoms with Gasteiger partial charge >= 0.3 is 5.97 Å². The van der Waals surface area contributed by atoms with Crippen molar-refractivity contribution in [3.63, 3.8) is 0 Å². The summed E-state index contributed by atoms with van der Waals surface area (Å²) in [7, 11) is 0. The second-order valence-corrected chi connectivity index (χ2v) is 4.37. The lowest BCUT2D eigenvalue weighted by Crippen LogP contribution is -2.19. The molecule has 1 aromatic carbocycles. The lowest BCUT2D eigenvalue weighted by atomic mass is 9.87. The van der Waals surface area contributed by atoms with Crippen LogP contribution in [-0.2, 0) is 24.0 Å². The Bertz CT molecular complexity index is 421. The summed E-state index contributed by atoms with van der Waals surface area (Å²) in [5, 5.41) is 0. The predicted octanol–water partition coefficient (Wildman–Crippen LogP) is 2.28. The maximum Gasteiger partial charge on any atom is 0.338 e. The molecule has 2 nitrogen and oxygen atoms in total. The fourth-order valence-electron chi connectivity index (χ4n) is 2.57. The monoisotopic (exact) mass is 202 g/mol. The van der Waals surface area contributed by atoms with Gasteiger partial charge in [-0.3, -0.25) is 0 Å². The van der Waals surface area contributed by atoms with Crippen molar-refractivity contribution >= 4 is 5.97 Å². The third-order valence-corrected chi connectivity index (χ3v) is 3.39. The standard InChI is InChI=1S/C13H14O2/c14-13-12-8-10-4-2-1-3-9(10)7-11(12)5-6-15-13/h7-8H,1-6H2. The normalized spacial score (nSPS) is 19.1. The summed E-state index contributed by atoms with van der Waals surface area (Å²) in [5.74, 6) is -0.135. The first-order chi connectivity index (χ1) is 7.34. The topological polar surface area (TPSA) is 26.3 Å². The van der Waals surface area contributed by atoms with E-state index < -0.39 is 0 Å². The summed E-state index contributed by atoms with van der Waals surface area (Å²) in [6.07, 6.45) is 5.72. The Morgan fingerprint density at radius 2 is 1.67 bits per heavy atom. The summed E-state index contributed by atoms with van der Waals surface area (Å²) < 4.78 is 5.06. The van der Waals surface area contributed by atoms with E-state index in [1.165, 1.54) is 36.0 Å². The van der Waals surface area contributed by atoms with E-state index in [-0.39, 0.29) is 5.97 Å². The van der Waals surface area contributed by atoms with Gasteiger partial charge in [-0.25, -0.2) is 4.79 Å². The van der Waals surface area contributed by atoms with Crippen molar-refractivity contribution in [3.8, 4) is 0 Å². The number of esters is 1. The smallest absolute Gasteiger partial charge is 0.338 e. The number of hydrogen-bond donors (Lipinski definition) is 0. The zero-order valence-corrected chi connectivity index (χ0v) is 8.71. The summed E-state index contributed by atoms with van der Waals surface area (Å²) in [6, 6.07) is 4.29. The molecule has 2 heteroatoms. The number of carbonyl (C=O) groups is 1. The Hall–Kier alpha value is -1.31. The maximum atomic E-state index is 11.5. The number of ether oxygens (including phenoxy) is 1. The van der Waals surface area contributed by atoms with Gasteiger partial charge in [0.1, 0.15) is 0 Å². The number of aryl methyl sites for hydroxylation is 2. The largest absolute Gasteiger partial charge is 0.462 e. The van der Waals surface area contributed by atoms with E-state index in [2.05, 4.69) is 12.1 Å². The third kappa shape index (κ3) is 1.44. The molecule has 1 aromatic rings. The first-order valence-corrected chi connectivity index (χ1v) is 5.66. The van der Waals surface area contributed by atoms with E-state index in [9.17, 15) is 4.79 Å². The molecule has 78 valence electrons. The Kier molecular flexibility index (Phi) is 2.01. The van der Waals surface area contributed by atoms with Crippen LogP contribution in [-0.4, -0.2) is 12.6 Å². The highest BCUT2D eigenvalue weighted by atomic mass is 16.5. The van der Waals surface area contributed by atoms with Crippen molar-refractivity contribution in [2.24, 2.45) is 0 Å². The van der Waals surface area contributed by atoms with Crippen LogP contribution in [0.15, 0.2) is 12.1 Å². The molecule has 0 unspecified atom stereocenters. The van der Waals surface area contributed by atoms with Crippen LogP contribution in [0, 0.1) is 0 Å². The molecular formula is C13H14O2. The number of carbonyl (C=O) groups excluding carboxylic acids is 1. The van der Waals surface area contributed by atoms with Crippen LogP contribution in [0.1, 0.15) is 39.9 Å². The van der Waals surface area contributed by atoms with E-state index in [0.29, 0.717) is 6.61 Å². The van der Waals surface area contributed by atoms with Crippen LogP contribution >= 0.6 is 0 Å². The maximum absolute atomic E-state index is 11.5. The minimum Gasteiger partial charge on any atom is -0.462 e. The van der Waals surface area contributed by atoms with Gasteiger partial charge in [0.25, 0.3) is 0 Å². The van der Waals surface area contributed by atoms with Gasteiger partial charge in [0.15, 0.2) is 0 Å². The fraction of sp³-hybridized carbons (Fsp3) is 0.462. The highest BCUT2D eigenvalue weighted by molar-refractivity contribution is 5.92. The van der Waals surface area contributed by atoms with E-state index in [4.69, 9.17) is 4.74 Å². The van der Waals surface area contributed by atoms with Crippen molar-refractivity contribution in [2.75, 3.05) is 6.61 Å². The molecular weight excluding hydrogens is 188 g/mol. The molecule has 0 fully saturated rings. The molecule has 1 aliphatic carbocycles. The van der Waals surface area contributed by atoms with E-state index >= 15 is 0 Å². The van der Waals surface area contributed by atoms with E-state index in [1.807, 2.05) is 0 Å². The van der Waals surface area contributed by atoms with Crippen molar-refractivity contribution in [2.45, 2.75) is 32.1 Å². The third-order valence-electron chi connectivity index (χ3n) is 3.39. The molecule has 15 heavy (non-hydrogen) atoms. The SMILES string of the molecule is O=C1OCCc2cc3c(cc21)CCCC3. The van der Waals surface area contributed by atoms with Crippen molar-refractivity contribution in [3.05, 3.63) is 34.4 Å². The molecule has 0 radical (unpaired) electrons. The molecule has 2 aliphatic rings. The van der Waals surface area contributed by atoms with Gasteiger partial charge in [-0.15, -0.1) is 0 Å². The summed E-state index contributed by atoms with van der Waals surface area (Å²) in [6.45, 7) is 0.546. The second-order valence-electron chi connectivity index (χ2n) is 4.37. The Balaban J connectivity index is 2.12. The van der Waals surface area contributed by atoms with Crippen LogP contribution in [0.4, 0.5) is 0 Å². The molecule has 0 bridgehead atoms. The molecule has 1 aliphatic heterocycles. The van der Waals surface area contributed by atoms with Crippen molar-refractivity contribution in [1.82, 2.24) is 0 Å². The lowest BCUT2D eigenvalue weighted by molar-refractivity contribution is 0.0480. The Labute approximate surface area is 89.2 Å². The van der Waals surface area contributed by atoms with E-state index in [1.54, 1.807) is 0 Å². The lowest BCUT2D eigenvalue weighted by Gasteiger charge is -2.21. The Morgan fingerprint density at radius 1 is 0.933 bits per heavy atom. The van der Waals surface area contributed by atoms with Crippen molar-refractivity contribution in [1.29, 1.82) is 0 Å². The number of hydrogen-bond acceptors (Lipinski definition) is 2. The number of cyclic esters (lactones) is 1. The molecule has 1 heterocycles. The van der Waals surface area contributed by atoms with Gasteiger partial charge in [-0.1, -0.05) is 6.07 Å². The molecule has 0 spiro atoms. The first kappa shape index (κ1) is 8.96. The number of rotatable bonds is 0.